The molecule has 30 heavy (non-hydrogen) atoms. The molecule has 1 heterocycles. The number of hydrogen-bond acceptors (Lipinski definition) is 3. The van der Waals surface area contributed by atoms with Crippen molar-refractivity contribution in [2.75, 3.05) is 31.6 Å². The average molecular weight is 481 g/mol. The summed E-state index contributed by atoms with van der Waals surface area (Å²) < 4.78 is 0.189. The van der Waals surface area contributed by atoms with Crippen LogP contribution < -0.4 is 0 Å². The third kappa shape index (κ3) is 5.18. The van der Waals surface area contributed by atoms with E-state index in [1.165, 1.54) is 61.2 Å². The van der Waals surface area contributed by atoms with Gasteiger partial charge in [0.25, 0.3) is 0 Å². The van der Waals surface area contributed by atoms with Gasteiger partial charge in [-0.3, -0.25) is 0 Å². The van der Waals surface area contributed by atoms with Crippen LogP contribution in [0.5, 0.6) is 0 Å². The highest BCUT2D eigenvalue weighted by atomic mass is 35.5. The number of hydrogen-bond donors (Lipinski definition) is 0. The SMILES string of the molecule is CN(CCCC1(c2ccc(Cl)cc2)SCCCS1)CC1(c2ccc(Cl)cc2)CCC1. The molecule has 1 nitrogen and oxygen atoms in total. The molecular formula is C25H31Cl2NS2. The van der Waals surface area contributed by atoms with E-state index >= 15 is 0 Å². The summed E-state index contributed by atoms with van der Waals surface area (Å²) in [6.45, 7) is 2.29. The molecule has 1 saturated heterocycles. The first-order chi connectivity index (χ1) is 14.5. The average Bonchev–Trinajstić information content (AvgIpc) is 2.73. The van der Waals surface area contributed by atoms with Crippen LogP contribution in [0.25, 0.3) is 0 Å². The summed E-state index contributed by atoms with van der Waals surface area (Å²) >= 11 is 16.6. The van der Waals surface area contributed by atoms with Crippen molar-refractivity contribution in [2.45, 2.75) is 48.0 Å². The Morgan fingerprint density at radius 3 is 1.93 bits per heavy atom. The molecule has 0 aromatic heterocycles. The predicted molar refractivity (Wildman–Crippen MR) is 136 cm³/mol. The van der Waals surface area contributed by atoms with Gasteiger partial charge >= 0.3 is 0 Å². The quantitative estimate of drug-likeness (QED) is 0.379. The van der Waals surface area contributed by atoms with E-state index in [1.807, 2.05) is 24.3 Å². The second-order valence-electron chi connectivity index (χ2n) is 8.79. The minimum absolute atomic E-state index is 0.189. The largest absolute Gasteiger partial charge is 0.305 e. The van der Waals surface area contributed by atoms with Crippen molar-refractivity contribution in [1.82, 2.24) is 4.90 Å². The van der Waals surface area contributed by atoms with Crippen LogP contribution in [-0.2, 0) is 9.49 Å². The summed E-state index contributed by atoms with van der Waals surface area (Å²) in [6, 6.07) is 17.1. The van der Waals surface area contributed by atoms with Gasteiger partial charge in [-0.05, 0) is 92.6 Å². The first-order valence-electron chi connectivity index (χ1n) is 11.0. The van der Waals surface area contributed by atoms with Gasteiger partial charge in [-0.1, -0.05) is 53.9 Å². The van der Waals surface area contributed by atoms with Crippen LogP contribution >= 0.6 is 46.7 Å². The lowest BCUT2D eigenvalue weighted by atomic mass is 9.64. The first kappa shape index (κ1) is 22.9. The Labute approximate surface area is 200 Å². The molecule has 5 heteroatoms. The molecule has 2 aromatic rings. The van der Waals surface area contributed by atoms with Gasteiger partial charge in [0, 0.05) is 22.0 Å². The summed E-state index contributed by atoms with van der Waals surface area (Å²) in [6.07, 6.45) is 7.66. The monoisotopic (exact) mass is 479 g/mol. The maximum absolute atomic E-state index is 6.15. The third-order valence-electron chi connectivity index (χ3n) is 6.63. The number of halogens is 2. The summed E-state index contributed by atoms with van der Waals surface area (Å²) in [5, 5.41) is 1.66. The zero-order chi connectivity index (χ0) is 21.0. The standard InChI is InChI=1S/C25H31Cl2NS2/c1-28(19-24(13-2-14-24)20-5-9-22(26)10-6-20)16-3-15-25(29-17-4-18-30-25)21-7-11-23(27)12-8-21/h5-12H,2-4,13-19H2,1H3. The van der Waals surface area contributed by atoms with E-state index in [0.29, 0.717) is 5.41 Å². The van der Waals surface area contributed by atoms with Gasteiger partial charge < -0.3 is 4.90 Å². The molecule has 1 aliphatic heterocycles. The molecule has 2 fully saturated rings. The molecule has 0 amide bonds. The van der Waals surface area contributed by atoms with Gasteiger partial charge in [0.2, 0.25) is 0 Å². The number of rotatable bonds is 8. The maximum atomic E-state index is 6.15. The Morgan fingerprint density at radius 1 is 0.833 bits per heavy atom. The smallest absolute Gasteiger partial charge is 0.0860 e. The fourth-order valence-electron chi connectivity index (χ4n) is 4.86. The van der Waals surface area contributed by atoms with Crippen LogP contribution in [0.2, 0.25) is 10.0 Å². The second-order valence-corrected chi connectivity index (χ2v) is 12.7. The zero-order valence-electron chi connectivity index (χ0n) is 17.7. The van der Waals surface area contributed by atoms with Crippen molar-refractivity contribution >= 4 is 46.7 Å². The number of likely N-dealkylation sites (N-methyl/N-ethyl adjacent to an activating group) is 1. The number of nitrogens with zero attached hydrogens (tertiary/aromatic N) is 1. The Hall–Kier alpha value is -0.320. The lowest BCUT2D eigenvalue weighted by molar-refractivity contribution is 0.158. The molecule has 0 unspecified atom stereocenters. The predicted octanol–water partition coefficient (Wildman–Crippen LogP) is 7.85. The molecule has 0 radical (unpaired) electrons. The fourth-order valence-corrected chi connectivity index (χ4v) is 8.54. The lowest BCUT2D eigenvalue weighted by Gasteiger charge is -2.45. The Morgan fingerprint density at radius 2 is 1.40 bits per heavy atom. The van der Waals surface area contributed by atoms with E-state index in [-0.39, 0.29) is 4.08 Å². The molecule has 2 aromatic carbocycles. The van der Waals surface area contributed by atoms with E-state index in [2.05, 4.69) is 59.7 Å². The molecule has 1 aliphatic carbocycles. The molecule has 0 bridgehead atoms. The Balaban J connectivity index is 1.37. The Kier molecular flexibility index (Phi) is 7.68. The molecule has 0 N–H and O–H groups in total. The first-order valence-corrected chi connectivity index (χ1v) is 13.7. The molecule has 4 rings (SSSR count). The number of benzene rings is 2. The van der Waals surface area contributed by atoms with Crippen molar-refractivity contribution in [3.8, 4) is 0 Å². The van der Waals surface area contributed by atoms with Gasteiger partial charge in [0.05, 0.1) is 4.08 Å². The van der Waals surface area contributed by atoms with E-state index in [9.17, 15) is 0 Å². The molecule has 162 valence electrons. The molecule has 2 aliphatic rings. The molecule has 1 saturated carbocycles. The minimum Gasteiger partial charge on any atom is -0.305 e. The highest BCUT2D eigenvalue weighted by Crippen LogP contribution is 2.53. The van der Waals surface area contributed by atoms with Crippen LogP contribution in [-0.4, -0.2) is 36.5 Å². The molecule has 0 atom stereocenters. The summed E-state index contributed by atoms with van der Waals surface area (Å²) in [5.74, 6) is 2.51. The molecular weight excluding hydrogens is 449 g/mol. The van der Waals surface area contributed by atoms with Gasteiger partial charge in [0.1, 0.15) is 0 Å². The van der Waals surface area contributed by atoms with Crippen LogP contribution in [0.1, 0.15) is 49.7 Å². The zero-order valence-corrected chi connectivity index (χ0v) is 20.9. The van der Waals surface area contributed by atoms with Crippen LogP contribution in [0.4, 0.5) is 0 Å². The van der Waals surface area contributed by atoms with Crippen LogP contribution in [0.15, 0.2) is 48.5 Å². The van der Waals surface area contributed by atoms with Crippen molar-refractivity contribution in [1.29, 1.82) is 0 Å². The van der Waals surface area contributed by atoms with Gasteiger partial charge in [-0.2, -0.15) is 0 Å². The second kappa shape index (κ2) is 10.1. The van der Waals surface area contributed by atoms with Crippen molar-refractivity contribution in [3.05, 3.63) is 69.7 Å². The maximum Gasteiger partial charge on any atom is 0.0860 e. The minimum atomic E-state index is 0.189. The Bertz CT molecular complexity index is 812. The van der Waals surface area contributed by atoms with Gasteiger partial charge in [-0.15, -0.1) is 23.5 Å². The summed E-state index contributed by atoms with van der Waals surface area (Å²) in [7, 11) is 2.30. The van der Waals surface area contributed by atoms with Crippen LogP contribution in [0, 0.1) is 0 Å². The van der Waals surface area contributed by atoms with Crippen molar-refractivity contribution in [2.24, 2.45) is 0 Å². The van der Waals surface area contributed by atoms with Gasteiger partial charge in [-0.25, -0.2) is 0 Å². The molecule has 0 spiro atoms. The third-order valence-corrected chi connectivity index (χ3v) is 10.6. The van der Waals surface area contributed by atoms with Crippen molar-refractivity contribution in [3.63, 3.8) is 0 Å². The number of thioether (sulfide) groups is 2. The fraction of sp³-hybridized carbons (Fsp3) is 0.520. The van der Waals surface area contributed by atoms with E-state index in [0.717, 1.165) is 23.1 Å². The van der Waals surface area contributed by atoms with Gasteiger partial charge in [0.15, 0.2) is 0 Å². The van der Waals surface area contributed by atoms with Crippen LogP contribution in [0.3, 0.4) is 0 Å². The summed E-state index contributed by atoms with van der Waals surface area (Å²) in [4.78, 5) is 2.56. The summed E-state index contributed by atoms with van der Waals surface area (Å²) in [5.41, 5.74) is 3.21. The normalized spacial score (nSPS) is 20.1. The highest BCUT2D eigenvalue weighted by Gasteiger charge is 2.40. The van der Waals surface area contributed by atoms with E-state index < -0.39 is 0 Å². The van der Waals surface area contributed by atoms with Crippen molar-refractivity contribution < 1.29 is 0 Å². The topological polar surface area (TPSA) is 3.24 Å². The van der Waals surface area contributed by atoms with E-state index in [1.54, 1.807) is 0 Å². The lowest BCUT2D eigenvalue weighted by Crippen LogP contribution is -2.44. The van der Waals surface area contributed by atoms with E-state index in [4.69, 9.17) is 23.2 Å². The highest BCUT2D eigenvalue weighted by molar-refractivity contribution is 8.18.